The highest BCUT2D eigenvalue weighted by Gasteiger charge is 2.31. The van der Waals surface area contributed by atoms with E-state index in [0.29, 0.717) is 10.5 Å². The third-order valence-electron chi connectivity index (χ3n) is 6.69. The fourth-order valence-corrected chi connectivity index (χ4v) is 5.71. The number of allylic oxidation sites excluding steroid dienone is 1. The van der Waals surface area contributed by atoms with E-state index in [1.807, 2.05) is 60.7 Å². The molecule has 0 saturated carbocycles. The summed E-state index contributed by atoms with van der Waals surface area (Å²) in [6, 6.07) is 20.7. The molecule has 1 aliphatic rings. The van der Waals surface area contributed by atoms with Crippen molar-refractivity contribution in [3.8, 4) is 11.5 Å². The van der Waals surface area contributed by atoms with Crippen LogP contribution in [0.3, 0.4) is 0 Å². The van der Waals surface area contributed by atoms with Crippen molar-refractivity contribution >= 4 is 34.8 Å². The molecular formula is C31H27N3O7S. The number of hydrogen-bond acceptors (Lipinski definition) is 9. The number of carbonyl (C=O) groups is 1. The minimum absolute atomic E-state index is 0.159. The second kappa shape index (κ2) is 12.2. The normalized spacial score (nSPS) is 14.6. The van der Waals surface area contributed by atoms with Gasteiger partial charge in [0.05, 0.1) is 40.4 Å². The van der Waals surface area contributed by atoms with Gasteiger partial charge in [-0.05, 0) is 37.1 Å². The molecular weight excluding hydrogens is 558 g/mol. The molecule has 0 unspecified atom stereocenters. The van der Waals surface area contributed by atoms with Crippen molar-refractivity contribution < 1.29 is 23.9 Å². The Balaban J connectivity index is 1.63. The maximum absolute atomic E-state index is 13.6. The zero-order chi connectivity index (χ0) is 29.8. The minimum Gasteiger partial charge on any atom is -0.493 e. The van der Waals surface area contributed by atoms with E-state index in [1.165, 1.54) is 29.9 Å². The Bertz CT molecular complexity index is 1860. The molecule has 0 N–H and O–H groups in total. The Morgan fingerprint density at radius 2 is 1.79 bits per heavy atom. The zero-order valence-electron chi connectivity index (χ0n) is 23.1. The molecule has 0 spiro atoms. The number of aromatic nitrogens is 1. The molecule has 0 fully saturated rings. The van der Waals surface area contributed by atoms with Gasteiger partial charge in [-0.2, -0.15) is 0 Å². The van der Waals surface area contributed by atoms with Crippen LogP contribution in [0.15, 0.2) is 88.2 Å². The van der Waals surface area contributed by atoms with Gasteiger partial charge in [-0.15, -0.1) is 0 Å². The van der Waals surface area contributed by atoms with E-state index < -0.39 is 22.5 Å². The number of nitrogens with zero attached hydrogens (tertiary/aromatic N) is 3. The highest BCUT2D eigenvalue weighted by molar-refractivity contribution is 7.07. The summed E-state index contributed by atoms with van der Waals surface area (Å²) < 4.78 is 18.2. The lowest BCUT2D eigenvalue weighted by Gasteiger charge is -2.22. The van der Waals surface area contributed by atoms with Gasteiger partial charge in [-0.1, -0.05) is 72.0 Å². The average molecular weight is 586 g/mol. The second-order valence-corrected chi connectivity index (χ2v) is 10.3. The van der Waals surface area contributed by atoms with Gasteiger partial charge < -0.3 is 14.2 Å². The topological polar surface area (TPSA) is 122 Å². The van der Waals surface area contributed by atoms with E-state index in [0.717, 1.165) is 22.5 Å². The molecule has 11 heteroatoms. The molecule has 0 saturated heterocycles. The summed E-state index contributed by atoms with van der Waals surface area (Å²) in [5.41, 5.74) is 1.75. The number of nitro groups is 1. The van der Waals surface area contributed by atoms with Gasteiger partial charge in [0.15, 0.2) is 16.3 Å². The van der Waals surface area contributed by atoms with Crippen molar-refractivity contribution in [3.63, 3.8) is 0 Å². The van der Waals surface area contributed by atoms with Crippen LogP contribution in [0.1, 0.15) is 36.6 Å². The van der Waals surface area contributed by atoms with Gasteiger partial charge in [0.1, 0.15) is 12.6 Å². The number of esters is 1. The van der Waals surface area contributed by atoms with E-state index in [9.17, 15) is 19.7 Å². The van der Waals surface area contributed by atoms with Gasteiger partial charge >= 0.3 is 5.97 Å². The third-order valence-corrected chi connectivity index (χ3v) is 7.67. The molecule has 3 aromatic carbocycles. The fourth-order valence-electron chi connectivity index (χ4n) is 4.68. The lowest BCUT2D eigenvalue weighted by molar-refractivity contribution is -0.385. The molecule has 1 atom stereocenters. The number of fused-ring (bicyclic) bond motifs is 1. The summed E-state index contributed by atoms with van der Waals surface area (Å²) in [7, 11) is 1.44. The van der Waals surface area contributed by atoms with Crippen molar-refractivity contribution in [2.75, 3.05) is 13.7 Å². The minimum atomic E-state index is -0.674. The van der Waals surface area contributed by atoms with Crippen LogP contribution in [0, 0.1) is 10.1 Å². The first kappa shape index (κ1) is 28.5. The van der Waals surface area contributed by atoms with Crippen molar-refractivity contribution in [3.05, 3.63) is 125 Å². The standard InChI is InChI=1S/C31H27N3O7S/c1-4-40-30(36)27-19(2)33-29(35)26(42-31(33)32-28(27)21-13-9-6-10-14-21)16-22-15-24(39-3)25(17-23(22)34(37)38)41-18-20-11-7-5-8-12-20/h5-17,28H,4,18H2,1-3H3/b26-16-/t28-/m0/s1. The predicted molar refractivity (Wildman–Crippen MR) is 158 cm³/mol. The Labute approximate surface area is 244 Å². The van der Waals surface area contributed by atoms with Gasteiger partial charge in [0.2, 0.25) is 0 Å². The molecule has 42 heavy (non-hydrogen) atoms. The lowest BCUT2D eigenvalue weighted by Crippen LogP contribution is -2.35. The lowest BCUT2D eigenvalue weighted by atomic mass is 9.97. The maximum Gasteiger partial charge on any atom is 0.338 e. The molecule has 4 aromatic rings. The van der Waals surface area contributed by atoms with Crippen LogP contribution >= 0.6 is 11.3 Å². The Hall–Kier alpha value is -5.03. The van der Waals surface area contributed by atoms with E-state index >= 15 is 0 Å². The molecule has 214 valence electrons. The van der Waals surface area contributed by atoms with Crippen LogP contribution in [-0.4, -0.2) is 29.2 Å². The molecule has 10 nitrogen and oxygen atoms in total. The third kappa shape index (κ3) is 5.59. The van der Waals surface area contributed by atoms with E-state index in [-0.39, 0.29) is 46.1 Å². The molecule has 0 aliphatic carbocycles. The number of thiazole rings is 1. The molecule has 1 aromatic heterocycles. The average Bonchev–Trinajstić information content (AvgIpc) is 3.31. The first-order chi connectivity index (χ1) is 20.3. The zero-order valence-corrected chi connectivity index (χ0v) is 23.9. The molecule has 0 amide bonds. The maximum atomic E-state index is 13.6. The molecule has 5 rings (SSSR count). The molecule has 1 aliphatic heterocycles. The largest absolute Gasteiger partial charge is 0.493 e. The van der Waals surface area contributed by atoms with Crippen molar-refractivity contribution in [2.45, 2.75) is 26.5 Å². The quantitative estimate of drug-likeness (QED) is 0.162. The molecule has 0 bridgehead atoms. The SMILES string of the molecule is CCOC(=O)C1=C(C)n2c(s/c(=C\c3cc(OC)c(OCc4ccccc4)cc3[N+](=O)[O-])c2=O)=N[C@H]1c1ccccc1. The van der Waals surface area contributed by atoms with Crippen molar-refractivity contribution in [1.82, 2.24) is 4.57 Å². The second-order valence-electron chi connectivity index (χ2n) is 9.29. The Kier molecular flexibility index (Phi) is 8.30. The van der Waals surface area contributed by atoms with Crippen LogP contribution in [0.4, 0.5) is 5.69 Å². The van der Waals surface area contributed by atoms with Gasteiger partial charge in [-0.3, -0.25) is 19.5 Å². The van der Waals surface area contributed by atoms with Crippen LogP contribution in [0.2, 0.25) is 0 Å². The number of carbonyl (C=O) groups excluding carboxylic acids is 1. The molecule has 0 radical (unpaired) electrons. The van der Waals surface area contributed by atoms with Gasteiger partial charge in [0, 0.05) is 5.70 Å². The van der Waals surface area contributed by atoms with E-state index in [4.69, 9.17) is 19.2 Å². The number of benzene rings is 3. The highest BCUT2D eigenvalue weighted by Crippen LogP contribution is 2.36. The number of methoxy groups -OCH3 is 1. The summed E-state index contributed by atoms with van der Waals surface area (Å²) in [4.78, 5) is 43.3. The van der Waals surface area contributed by atoms with Crippen LogP contribution in [-0.2, 0) is 16.1 Å². The predicted octanol–water partition coefficient (Wildman–Crippen LogP) is 4.40. The smallest absolute Gasteiger partial charge is 0.338 e. The van der Waals surface area contributed by atoms with Crippen molar-refractivity contribution in [1.29, 1.82) is 0 Å². The van der Waals surface area contributed by atoms with Crippen molar-refractivity contribution in [2.24, 2.45) is 4.99 Å². The van der Waals surface area contributed by atoms with E-state index in [1.54, 1.807) is 13.8 Å². The van der Waals surface area contributed by atoms with Crippen LogP contribution < -0.4 is 24.4 Å². The van der Waals surface area contributed by atoms with Gasteiger partial charge in [0.25, 0.3) is 11.2 Å². The summed E-state index contributed by atoms with van der Waals surface area (Å²) in [5, 5.41) is 12.1. The van der Waals surface area contributed by atoms with Crippen LogP contribution in [0.25, 0.3) is 11.8 Å². The number of ether oxygens (including phenoxy) is 3. The number of rotatable bonds is 9. The van der Waals surface area contributed by atoms with E-state index in [2.05, 4.69) is 0 Å². The summed E-state index contributed by atoms with van der Waals surface area (Å²) >= 11 is 1.08. The van der Waals surface area contributed by atoms with Gasteiger partial charge in [-0.25, -0.2) is 9.79 Å². The summed E-state index contributed by atoms with van der Waals surface area (Å²) in [6.07, 6.45) is 1.43. The fraction of sp³-hybridized carbons (Fsp3) is 0.194. The monoisotopic (exact) mass is 585 g/mol. The highest BCUT2D eigenvalue weighted by atomic mass is 32.1. The summed E-state index contributed by atoms with van der Waals surface area (Å²) in [5.74, 6) is -0.0852. The number of hydrogen-bond donors (Lipinski definition) is 0. The Morgan fingerprint density at radius 1 is 1.10 bits per heavy atom. The number of nitro benzene ring substituents is 1. The first-order valence-electron chi connectivity index (χ1n) is 13.1. The Morgan fingerprint density at radius 3 is 2.43 bits per heavy atom. The molecule has 2 heterocycles. The first-order valence-corrected chi connectivity index (χ1v) is 13.9. The van der Waals surface area contributed by atoms with Crippen LogP contribution in [0.5, 0.6) is 11.5 Å². The summed E-state index contributed by atoms with van der Waals surface area (Å²) in [6.45, 7) is 3.73.